The van der Waals surface area contributed by atoms with E-state index in [1.54, 1.807) is 13.3 Å². The largest absolute Gasteiger partial charge is 0.505 e. The monoisotopic (exact) mass is 478 g/mol. The van der Waals surface area contributed by atoms with Crippen LogP contribution in [-0.2, 0) is 9.59 Å². The summed E-state index contributed by atoms with van der Waals surface area (Å²) in [5, 5.41) is 21.9. The number of rotatable bonds is 6. The normalized spacial score (nSPS) is 12.0. The molecule has 1 atom stereocenters. The van der Waals surface area contributed by atoms with Crippen LogP contribution < -0.4 is 10.1 Å². The summed E-state index contributed by atoms with van der Waals surface area (Å²) in [4.78, 5) is 25.7. The van der Waals surface area contributed by atoms with Gasteiger partial charge in [0.2, 0.25) is 5.91 Å². The topological polar surface area (TPSA) is 109 Å². The number of aromatic nitrogens is 1. The number of phenolic OH excluding ortho intramolecular Hbond substituents is 1. The van der Waals surface area contributed by atoms with Crippen LogP contribution in [0.2, 0.25) is 0 Å². The molecule has 10 heteroatoms. The molecule has 0 fully saturated rings. The predicted molar refractivity (Wildman–Crippen MR) is 120 cm³/mol. The molecule has 1 amide bonds. The smallest absolute Gasteiger partial charge is 0.490 e. The maximum Gasteiger partial charge on any atom is 0.490 e. The van der Waals surface area contributed by atoms with Gasteiger partial charge >= 0.3 is 12.1 Å². The highest BCUT2D eigenvalue weighted by atomic mass is 19.4. The van der Waals surface area contributed by atoms with E-state index in [4.69, 9.17) is 14.6 Å². The van der Waals surface area contributed by atoms with E-state index in [2.05, 4.69) is 10.3 Å². The highest BCUT2D eigenvalue weighted by Gasteiger charge is 2.38. The zero-order valence-corrected chi connectivity index (χ0v) is 18.8. The summed E-state index contributed by atoms with van der Waals surface area (Å²) in [6.45, 7) is 3.99. The van der Waals surface area contributed by atoms with Crippen LogP contribution in [0.15, 0.2) is 54.7 Å². The number of aromatic hydroxyl groups is 1. The number of fused-ring (bicyclic) bond motifs is 1. The summed E-state index contributed by atoms with van der Waals surface area (Å²) in [5.74, 6) is -1.90. The third-order valence-electron chi connectivity index (χ3n) is 4.68. The zero-order valence-electron chi connectivity index (χ0n) is 18.8. The Bertz CT molecular complexity index is 1150. The first-order valence-corrected chi connectivity index (χ1v) is 10.2. The predicted octanol–water partition coefficient (Wildman–Crippen LogP) is 4.83. The minimum absolute atomic E-state index is 0.0638. The third kappa shape index (κ3) is 6.84. The van der Waals surface area contributed by atoms with Crippen molar-refractivity contribution >= 4 is 22.8 Å². The molecule has 3 aromatic rings. The van der Waals surface area contributed by atoms with Crippen LogP contribution in [-0.4, -0.2) is 40.4 Å². The first-order valence-electron chi connectivity index (χ1n) is 10.2. The number of amides is 1. The van der Waals surface area contributed by atoms with Crippen LogP contribution >= 0.6 is 0 Å². The molecule has 0 aliphatic carbocycles. The number of pyridine rings is 1. The zero-order chi connectivity index (χ0) is 25.5. The molecule has 2 aromatic carbocycles. The first kappa shape index (κ1) is 26.4. The Balaban J connectivity index is 0.000000509. The molecule has 1 unspecified atom stereocenters. The van der Waals surface area contributed by atoms with Crippen LogP contribution in [0.5, 0.6) is 11.5 Å². The van der Waals surface area contributed by atoms with Crippen molar-refractivity contribution < 1.29 is 37.7 Å². The molecule has 1 heterocycles. The van der Waals surface area contributed by atoms with Gasteiger partial charge in [-0.1, -0.05) is 50.2 Å². The standard InChI is InChI=1S/C22H24N2O3.C2HF3O2/c1-14(2)13-19(25)24-21(16-8-4-5-9-18(16)27-3)17-11-10-15-7-6-12-23-20(15)22(17)26;3-2(4,5)1(6)7/h4-12,14,21,26H,13H2,1-3H3,(H,24,25);(H,6,7). The summed E-state index contributed by atoms with van der Waals surface area (Å²) < 4.78 is 37.2. The lowest BCUT2D eigenvalue weighted by Crippen LogP contribution is -2.30. The van der Waals surface area contributed by atoms with E-state index in [1.807, 2.05) is 62.4 Å². The van der Waals surface area contributed by atoms with Crippen molar-refractivity contribution in [1.29, 1.82) is 0 Å². The average molecular weight is 478 g/mol. The van der Waals surface area contributed by atoms with Crippen LogP contribution in [0.25, 0.3) is 10.9 Å². The molecule has 1 aromatic heterocycles. The number of benzene rings is 2. The molecule has 3 N–H and O–H groups in total. The number of halogens is 3. The number of carboxylic acid groups (broad SMARTS) is 1. The van der Waals surface area contributed by atoms with E-state index in [-0.39, 0.29) is 17.6 Å². The number of carboxylic acids is 1. The van der Waals surface area contributed by atoms with Crippen LogP contribution in [0.4, 0.5) is 13.2 Å². The number of ether oxygens (including phenoxy) is 1. The Kier molecular flexibility index (Phi) is 8.83. The fraction of sp³-hybridized carbons (Fsp3) is 0.292. The number of hydrogen-bond acceptors (Lipinski definition) is 5. The van der Waals surface area contributed by atoms with Crippen molar-refractivity contribution in [2.45, 2.75) is 32.5 Å². The number of carbonyl (C=O) groups excluding carboxylic acids is 1. The fourth-order valence-corrected chi connectivity index (χ4v) is 3.20. The number of para-hydroxylation sites is 1. The van der Waals surface area contributed by atoms with E-state index >= 15 is 0 Å². The Morgan fingerprint density at radius 2 is 1.71 bits per heavy atom. The quantitative estimate of drug-likeness (QED) is 0.468. The lowest BCUT2D eigenvalue weighted by atomic mass is 9.95. The van der Waals surface area contributed by atoms with Crippen molar-refractivity contribution in [3.05, 3.63) is 65.9 Å². The number of aliphatic carboxylic acids is 1. The van der Waals surface area contributed by atoms with Crippen molar-refractivity contribution in [1.82, 2.24) is 10.3 Å². The van der Waals surface area contributed by atoms with Gasteiger partial charge in [0, 0.05) is 29.1 Å². The van der Waals surface area contributed by atoms with Gasteiger partial charge in [0.1, 0.15) is 17.0 Å². The minimum Gasteiger partial charge on any atom is -0.505 e. The number of nitrogens with one attached hydrogen (secondary N) is 1. The summed E-state index contributed by atoms with van der Waals surface area (Å²) >= 11 is 0. The molecule has 3 rings (SSSR count). The maximum absolute atomic E-state index is 12.5. The summed E-state index contributed by atoms with van der Waals surface area (Å²) in [6.07, 6.45) is -3.04. The molecule has 0 radical (unpaired) electrons. The molecule has 7 nitrogen and oxygen atoms in total. The van der Waals surface area contributed by atoms with Gasteiger partial charge in [0.25, 0.3) is 0 Å². The molecule has 0 spiro atoms. The average Bonchev–Trinajstić information content (AvgIpc) is 2.77. The molecule has 0 aliphatic rings. The van der Waals surface area contributed by atoms with Gasteiger partial charge in [-0.2, -0.15) is 13.2 Å². The SMILES string of the molecule is COc1ccccc1C(NC(=O)CC(C)C)c1ccc2cccnc2c1O.O=C(O)C(F)(F)F. The van der Waals surface area contributed by atoms with Gasteiger partial charge in [0.05, 0.1) is 13.2 Å². The van der Waals surface area contributed by atoms with E-state index < -0.39 is 18.2 Å². The fourth-order valence-electron chi connectivity index (χ4n) is 3.20. The van der Waals surface area contributed by atoms with E-state index in [0.29, 0.717) is 23.3 Å². The van der Waals surface area contributed by atoms with Crippen molar-refractivity contribution in [3.63, 3.8) is 0 Å². The van der Waals surface area contributed by atoms with Crippen LogP contribution in [0, 0.1) is 5.92 Å². The van der Waals surface area contributed by atoms with Crippen LogP contribution in [0.3, 0.4) is 0 Å². The van der Waals surface area contributed by atoms with Gasteiger partial charge in [0.15, 0.2) is 0 Å². The van der Waals surface area contributed by atoms with Crippen molar-refractivity contribution in [2.24, 2.45) is 5.92 Å². The van der Waals surface area contributed by atoms with Crippen molar-refractivity contribution in [3.8, 4) is 11.5 Å². The highest BCUT2D eigenvalue weighted by molar-refractivity contribution is 5.86. The molecule has 34 heavy (non-hydrogen) atoms. The molecule has 0 aliphatic heterocycles. The number of carbonyl (C=O) groups is 2. The number of alkyl halides is 3. The van der Waals surface area contributed by atoms with Crippen LogP contribution in [0.1, 0.15) is 37.4 Å². The number of hydrogen-bond donors (Lipinski definition) is 3. The Hall–Kier alpha value is -3.82. The summed E-state index contributed by atoms with van der Waals surface area (Å²) in [6, 6.07) is 14.4. The summed E-state index contributed by atoms with van der Waals surface area (Å²) in [7, 11) is 1.59. The first-order chi connectivity index (χ1) is 16.0. The minimum atomic E-state index is -5.08. The number of methoxy groups -OCH3 is 1. The van der Waals surface area contributed by atoms with Gasteiger partial charge in [-0.25, -0.2) is 4.79 Å². The van der Waals surface area contributed by atoms with Crippen molar-refractivity contribution in [2.75, 3.05) is 7.11 Å². The van der Waals surface area contributed by atoms with E-state index in [0.717, 1.165) is 10.9 Å². The molecule has 0 saturated heterocycles. The third-order valence-corrected chi connectivity index (χ3v) is 4.68. The lowest BCUT2D eigenvalue weighted by Gasteiger charge is -2.23. The highest BCUT2D eigenvalue weighted by Crippen LogP contribution is 2.37. The van der Waals surface area contributed by atoms with E-state index in [9.17, 15) is 23.1 Å². The second-order valence-electron chi connectivity index (χ2n) is 7.72. The number of phenols is 1. The molecule has 182 valence electrons. The Morgan fingerprint density at radius 1 is 1.06 bits per heavy atom. The van der Waals surface area contributed by atoms with E-state index in [1.165, 1.54) is 0 Å². The van der Waals surface area contributed by atoms with Gasteiger partial charge in [-0.05, 0) is 18.1 Å². The second-order valence-corrected chi connectivity index (χ2v) is 7.72. The van der Waals surface area contributed by atoms with Gasteiger partial charge in [-0.15, -0.1) is 0 Å². The molecule has 0 bridgehead atoms. The molecular weight excluding hydrogens is 453 g/mol. The molecular formula is C24H25F3N2O5. The second kappa shape index (κ2) is 11.4. The maximum atomic E-state index is 12.5. The summed E-state index contributed by atoms with van der Waals surface area (Å²) in [5.41, 5.74) is 1.87. The Labute approximate surface area is 194 Å². The van der Waals surface area contributed by atoms with Gasteiger partial charge < -0.3 is 20.3 Å². The Morgan fingerprint density at radius 3 is 2.29 bits per heavy atom. The lowest BCUT2D eigenvalue weighted by molar-refractivity contribution is -0.192. The van der Waals surface area contributed by atoms with Gasteiger partial charge in [-0.3, -0.25) is 9.78 Å². The number of nitrogens with zero attached hydrogens (tertiary/aromatic N) is 1. The molecule has 0 saturated carbocycles.